The highest BCUT2D eigenvalue weighted by molar-refractivity contribution is 6.33. The van der Waals surface area contributed by atoms with Crippen LogP contribution >= 0.6 is 11.6 Å². The molecule has 0 amide bonds. The van der Waals surface area contributed by atoms with Gasteiger partial charge in [0.2, 0.25) is 5.88 Å². The molecule has 0 bridgehead atoms. The van der Waals surface area contributed by atoms with Gasteiger partial charge in [-0.05, 0) is 42.0 Å². The van der Waals surface area contributed by atoms with Crippen LogP contribution in [0.2, 0.25) is 5.02 Å². The summed E-state index contributed by atoms with van der Waals surface area (Å²) in [5.41, 5.74) is 2.58. The van der Waals surface area contributed by atoms with Gasteiger partial charge in [-0.2, -0.15) is 4.98 Å². The van der Waals surface area contributed by atoms with Crippen molar-refractivity contribution in [1.29, 1.82) is 0 Å². The normalized spacial score (nSPS) is 10.7. The first-order chi connectivity index (χ1) is 13.2. The summed E-state index contributed by atoms with van der Waals surface area (Å²) in [6.07, 6.45) is 0. The second-order valence-electron chi connectivity index (χ2n) is 5.99. The van der Waals surface area contributed by atoms with Gasteiger partial charge in [-0.3, -0.25) is 0 Å². The number of ether oxygens (including phenoxy) is 2. The molecule has 3 aromatic carbocycles. The van der Waals surface area contributed by atoms with Gasteiger partial charge in [-0.1, -0.05) is 48.0 Å². The Balaban J connectivity index is 1.73. The van der Waals surface area contributed by atoms with Gasteiger partial charge in [-0.25, -0.2) is 4.98 Å². The lowest BCUT2D eigenvalue weighted by molar-refractivity contribution is 0.297. The topological polar surface area (TPSA) is 44.2 Å². The second kappa shape index (κ2) is 7.64. The molecule has 5 heteroatoms. The molecule has 27 heavy (non-hydrogen) atoms. The van der Waals surface area contributed by atoms with Crippen molar-refractivity contribution in [3.05, 3.63) is 83.4 Å². The highest BCUT2D eigenvalue weighted by atomic mass is 35.5. The first-order valence-electron chi connectivity index (χ1n) is 8.52. The fourth-order valence-corrected chi connectivity index (χ4v) is 3.05. The Morgan fingerprint density at radius 2 is 1.70 bits per heavy atom. The molecular weight excluding hydrogens is 360 g/mol. The summed E-state index contributed by atoms with van der Waals surface area (Å²) < 4.78 is 11.3. The summed E-state index contributed by atoms with van der Waals surface area (Å²) in [5, 5.41) is 1.46. The molecule has 0 saturated carbocycles. The van der Waals surface area contributed by atoms with Crippen molar-refractivity contribution >= 4 is 22.5 Å². The Hall–Kier alpha value is -3.11. The number of methoxy groups -OCH3 is 1. The maximum atomic E-state index is 6.33. The average Bonchev–Trinajstić information content (AvgIpc) is 2.72. The van der Waals surface area contributed by atoms with Crippen molar-refractivity contribution in [3.8, 4) is 23.0 Å². The lowest BCUT2D eigenvalue weighted by Gasteiger charge is -2.11. The number of hydrogen-bond donors (Lipinski definition) is 0. The van der Waals surface area contributed by atoms with Crippen LogP contribution in [0.5, 0.6) is 11.6 Å². The highest BCUT2D eigenvalue weighted by Crippen LogP contribution is 2.30. The number of aromatic nitrogens is 2. The van der Waals surface area contributed by atoms with Crippen molar-refractivity contribution in [2.24, 2.45) is 0 Å². The zero-order valence-corrected chi connectivity index (χ0v) is 15.5. The third-order valence-electron chi connectivity index (χ3n) is 4.19. The quantitative estimate of drug-likeness (QED) is 0.459. The molecule has 4 aromatic rings. The molecule has 0 aliphatic rings. The Morgan fingerprint density at radius 1 is 0.889 bits per heavy atom. The standard InChI is InChI=1S/C22H17ClN2O2/c1-26-16-8-6-7-15(13-16)14-27-22-18-10-3-5-12-20(18)24-21(25-22)17-9-2-4-11-19(17)23/h2-13H,14H2,1H3. The predicted octanol–water partition coefficient (Wildman–Crippen LogP) is 5.54. The minimum Gasteiger partial charge on any atom is -0.497 e. The van der Waals surface area contributed by atoms with E-state index < -0.39 is 0 Å². The average molecular weight is 377 g/mol. The first kappa shape index (κ1) is 17.3. The highest BCUT2D eigenvalue weighted by Gasteiger charge is 2.12. The molecule has 0 atom stereocenters. The molecule has 1 heterocycles. The molecule has 0 spiro atoms. The molecule has 0 fully saturated rings. The van der Waals surface area contributed by atoms with Crippen molar-refractivity contribution in [2.75, 3.05) is 7.11 Å². The molecule has 0 saturated heterocycles. The Bertz CT molecular complexity index is 1100. The summed E-state index contributed by atoms with van der Waals surface area (Å²) >= 11 is 6.33. The summed E-state index contributed by atoms with van der Waals surface area (Å²) in [7, 11) is 1.65. The van der Waals surface area contributed by atoms with E-state index in [0.717, 1.165) is 27.8 Å². The van der Waals surface area contributed by atoms with Crippen molar-refractivity contribution < 1.29 is 9.47 Å². The van der Waals surface area contributed by atoms with Gasteiger partial charge in [0.25, 0.3) is 0 Å². The van der Waals surface area contributed by atoms with E-state index in [-0.39, 0.29) is 0 Å². The van der Waals surface area contributed by atoms with Crippen LogP contribution in [0.15, 0.2) is 72.8 Å². The smallest absolute Gasteiger partial charge is 0.225 e. The number of fused-ring (bicyclic) bond motifs is 1. The predicted molar refractivity (Wildman–Crippen MR) is 107 cm³/mol. The van der Waals surface area contributed by atoms with Gasteiger partial charge in [-0.15, -0.1) is 0 Å². The van der Waals surface area contributed by atoms with Gasteiger partial charge in [0.05, 0.1) is 23.0 Å². The zero-order chi connectivity index (χ0) is 18.6. The van der Waals surface area contributed by atoms with E-state index in [4.69, 9.17) is 21.1 Å². The lowest BCUT2D eigenvalue weighted by Crippen LogP contribution is -2.01. The van der Waals surface area contributed by atoms with E-state index in [9.17, 15) is 0 Å². The number of para-hydroxylation sites is 1. The van der Waals surface area contributed by atoms with Crippen LogP contribution in [0.1, 0.15) is 5.56 Å². The van der Waals surface area contributed by atoms with Crippen LogP contribution in [0.25, 0.3) is 22.3 Å². The Labute approximate surface area is 162 Å². The molecule has 4 nitrogen and oxygen atoms in total. The number of benzene rings is 3. The van der Waals surface area contributed by atoms with E-state index in [0.29, 0.717) is 23.3 Å². The van der Waals surface area contributed by atoms with Gasteiger partial charge >= 0.3 is 0 Å². The summed E-state index contributed by atoms with van der Waals surface area (Å²) in [5.74, 6) is 1.86. The summed E-state index contributed by atoms with van der Waals surface area (Å²) in [6, 6.07) is 23.1. The Kier molecular flexibility index (Phi) is 4.90. The number of halogens is 1. The monoisotopic (exact) mass is 376 g/mol. The fourth-order valence-electron chi connectivity index (χ4n) is 2.83. The summed E-state index contributed by atoms with van der Waals surface area (Å²) in [6.45, 7) is 0.375. The van der Waals surface area contributed by atoms with Crippen molar-refractivity contribution in [3.63, 3.8) is 0 Å². The maximum absolute atomic E-state index is 6.33. The molecule has 4 rings (SSSR count). The van der Waals surface area contributed by atoms with Crippen LogP contribution < -0.4 is 9.47 Å². The third-order valence-corrected chi connectivity index (χ3v) is 4.52. The van der Waals surface area contributed by atoms with Gasteiger partial charge in [0, 0.05) is 5.56 Å². The fraction of sp³-hybridized carbons (Fsp3) is 0.0909. The van der Waals surface area contributed by atoms with E-state index in [1.807, 2.05) is 72.8 Å². The number of hydrogen-bond acceptors (Lipinski definition) is 4. The van der Waals surface area contributed by atoms with Crippen LogP contribution in [-0.4, -0.2) is 17.1 Å². The van der Waals surface area contributed by atoms with Gasteiger partial charge in [0.1, 0.15) is 12.4 Å². The van der Waals surface area contributed by atoms with E-state index in [2.05, 4.69) is 9.97 Å². The summed E-state index contributed by atoms with van der Waals surface area (Å²) in [4.78, 5) is 9.29. The van der Waals surface area contributed by atoms with Gasteiger partial charge in [0.15, 0.2) is 5.82 Å². The molecule has 1 aromatic heterocycles. The van der Waals surface area contributed by atoms with E-state index in [1.54, 1.807) is 7.11 Å². The second-order valence-corrected chi connectivity index (χ2v) is 6.40. The lowest BCUT2D eigenvalue weighted by atomic mass is 10.2. The van der Waals surface area contributed by atoms with Gasteiger partial charge < -0.3 is 9.47 Å². The zero-order valence-electron chi connectivity index (χ0n) is 14.7. The van der Waals surface area contributed by atoms with E-state index in [1.165, 1.54) is 0 Å². The minimum absolute atomic E-state index is 0.375. The maximum Gasteiger partial charge on any atom is 0.225 e. The molecule has 134 valence electrons. The van der Waals surface area contributed by atoms with Crippen LogP contribution in [0, 0.1) is 0 Å². The third kappa shape index (κ3) is 3.71. The molecule has 0 unspecified atom stereocenters. The van der Waals surface area contributed by atoms with E-state index >= 15 is 0 Å². The minimum atomic E-state index is 0.375. The van der Waals surface area contributed by atoms with Crippen LogP contribution in [0.3, 0.4) is 0 Å². The molecular formula is C22H17ClN2O2. The van der Waals surface area contributed by atoms with Crippen molar-refractivity contribution in [1.82, 2.24) is 9.97 Å². The largest absolute Gasteiger partial charge is 0.497 e. The SMILES string of the molecule is COc1cccc(COc2nc(-c3ccccc3Cl)nc3ccccc23)c1. The molecule has 0 aliphatic heterocycles. The Morgan fingerprint density at radius 3 is 2.56 bits per heavy atom. The molecule has 0 aliphatic carbocycles. The molecule has 0 radical (unpaired) electrons. The number of rotatable bonds is 5. The van der Waals surface area contributed by atoms with Crippen LogP contribution in [0.4, 0.5) is 0 Å². The molecule has 0 N–H and O–H groups in total. The van der Waals surface area contributed by atoms with Crippen LogP contribution in [-0.2, 0) is 6.61 Å². The number of nitrogens with zero attached hydrogens (tertiary/aromatic N) is 2. The van der Waals surface area contributed by atoms with Crippen molar-refractivity contribution in [2.45, 2.75) is 6.61 Å². The first-order valence-corrected chi connectivity index (χ1v) is 8.90.